The molecule has 0 spiro atoms. The summed E-state index contributed by atoms with van der Waals surface area (Å²) < 4.78 is 37.8. The molecule has 1 unspecified atom stereocenters. The molecule has 0 amide bonds. The number of ether oxygens (including phenoxy) is 2. The quantitative estimate of drug-likeness (QED) is 0.690. The lowest BCUT2D eigenvalue weighted by molar-refractivity contribution is 0.148. The summed E-state index contributed by atoms with van der Waals surface area (Å²) in [6.45, 7) is 4.83. The number of piperazine rings is 1. The van der Waals surface area contributed by atoms with Crippen LogP contribution in [0.1, 0.15) is 19.8 Å². The van der Waals surface area contributed by atoms with Crippen molar-refractivity contribution in [2.24, 2.45) is 0 Å². The fraction of sp³-hybridized carbons (Fsp3) is 0.688. The fourth-order valence-electron chi connectivity index (χ4n) is 3.19. The number of sulfonamides is 1. The van der Waals surface area contributed by atoms with Crippen LogP contribution in [0.25, 0.3) is 0 Å². The van der Waals surface area contributed by atoms with E-state index in [9.17, 15) is 8.42 Å². The van der Waals surface area contributed by atoms with Crippen LogP contribution in [0.2, 0.25) is 5.02 Å². The summed E-state index contributed by atoms with van der Waals surface area (Å²) in [7, 11) is -3.31. The highest BCUT2D eigenvalue weighted by Gasteiger charge is 2.36. The lowest BCUT2D eigenvalue weighted by Gasteiger charge is -2.40. The summed E-state index contributed by atoms with van der Waals surface area (Å²) in [6, 6.07) is 1.82. The molecule has 1 saturated heterocycles. The van der Waals surface area contributed by atoms with Gasteiger partial charge in [-0.3, -0.25) is 0 Å². The van der Waals surface area contributed by atoms with Gasteiger partial charge in [-0.05, 0) is 6.42 Å². The number of halogens is 1. The van der Waals surface area contributed by atoms with Gasteiger partial charge in [-0.25, -0.2) is 13.4 Å². The van der Waals surface area contributed by atoms with Crippen molar-refractivity contribution in [3.63, 3.8) is 0 Å². The monoisotopic (exact) mass is 389 g/mol. The third-order valence-corrected chi connectivity index (χ3v) is 6.46. The smallest absolute Gasteiger partial charge is 0.216 e. The second-order valence-electron chi connectivity index (χ2n) is 6.25. The molecule has 0 radical (unpaired) electrons. The predicted octanol–water partition coefficient (Wildman–Crippen LogP) is 1.76. The van der Waals surface area contributed by atoms with Gasteiger partial charge in [0.1, 0.15) is 0 Å². The molecule has 0 bridgehead atoms. The predicted molar refractivity (Wildman–Crippen MR) is 97.0 cm³/mol. The average Bonchev–Trinajstić information content (AvgIpc) is 2.76. The Bertz CT molecular complexity index is 701. The van der Waals surface area contributed by atoms with Crippen molar-refractivity contribution in [3.8, 4) is 5.75 Å². The van der Waals surface area contributed by atoms with Crippen molar-refractivity contribution < 1.29 is 17.9 Å². The normalized spacial score (nSPS) is 21.2. The number of nitrogens with zero attached hydrogens (tertiary/aromatic N) is 3. The summed E-state index contributed by atoms with van der Waals surface area (Å²) in [5.41, 5.74) is 0. The van der Waals surface area contributed by atoms with Gasteiger partial charge in [0, 0.05) is 51.0 Å². The Morgan fingerprint density at radius 1 is 1.40 bits per heavy atom. The van der Waals surface area contributed by atoms with Crippen molar-refractivity contribution >= 4 is 27.4 Å². The summed E-state index contributed by atoms with van der Waals surface area (Å²) in [5, 5.41) is 0.533. The molecule has 0 aliphatic carbocycles. The van der Waals surface area contributed by atoms with E-state index < -0.39 is 10.0 Å². The maximum Gasteiger partial charge on any atom is 0.216 e. The molecule has 25 heavy (non-hydrogen) atoms. The van der Waals surface area contributed by atoms with Crippen molar-refractivity contribution in [1.82, 2.24) is 9.29 Å². The van der Waals surface area contributed by atoms with E-state index in [0.29, 0.717) is 43.6 Å². The fourth-order valence-corrected chi connectivity index (χ4v) is 4.68. The molecule has 3 heterocycles. The number of fused-ring (bicyclic) bond motifs is 3. The van der Waals surface area contributed by atoms with E-state index in [-0.39, 0.29) is 18.4 Å². The molecular weight excluding hydrogens is 366 g/mol. The Balaban J connectivity index is 1.68. The Morgan fingerprint density at radius 3 is 3.04 bits per heavy atom. The number of hydrogen-bond donors (Lipinski definition) is 0. The van der Waals surface area contributed by atoms with E-state index in [1.165, 1.54) is 0 Å². The molecule has 0 saturated carbocycles. The molecule has 0 N–H and O–H groups in total. The van der Waals surface area contributed by atoms with Crippen LogP contribution in [0.15, 0.2) is 12.3 Å². The number of rotatable bonds is 6. The SMILES string of the molecule is CCCOCCS(=O)(=O)N1CCN2c3ncc(Cl)cc3OCCC2C1. The van der Waals surface area contributed by atoms with E-state index in [1.807, 2.05) is 6.92 Å². The second-order valence-corrected chi connectivity index (χ2v) is 8.77. The van der Waals surface area contributed by atoms with Crippen molar-refractivity contribution in [3.05, 3.63) is 17.3 Å². The van der Waals surface area contributed by atoms with E-state index in [1.54, 1.807) is 16.6 Å². The van der Waals surface area contributed by atoms with Crippen LogP contribution in [0.5, 0.6) is 5.75 Å². The van der Waals surface area contributed by atoms with Gasteiger partial charge in [-0.2, -0.15) is 4.31 Å². The molecular formula is C16H24ClN3O4S. The first-order valence-electron chi connectivity index (χ1n) is 8.62. The van der Waals surface area contributed by atoms with Gasteiger partial charge >= 0.3 is 0 Å². The van der Waals surface area contributed by atoms with Gasteiger partial charge in [0.15, 0.2) is 11.6 Å². The molecule has 7 nitrogen and oxygen atoms in total. The molecule has 140 valence electrons. The first-order valence-corrected chi connectivity index (χ1v) is 10.6. The lowest BCUT2D eigenvalue weighted by Crippen LogP contribution is -2.55. The van der Waals surface area contributed by atoms with Gasteiger partial charge in [-0.1, -0.05) is 18.5 Å². The largest absolute Gasteiger partial charge is 0.490 e. The van der Waals surface area contributed by atoms with Gasteiger partial charge in [0.2, 0.25) is 10.0 Å². The van der Waals surface area contributed by atoms with Crippen LogP contribution in [-0.2, 0) is 14.8 Å². The Kier molecular flexibility index (Phi) is 6.04. The highest BCUT2D eigenvalue weighted by molar-refractivity contribution is 7.89. The average molecular weight is 390 g/mol. The van der Waals surface area contributed by atoms with Crippen LogP contribution >= 0.6 is 11.6 Å². The van der Waals surface area contributed by atoms with Crippen LogP contribution in [0.3, 0.4) is 0 Å². The van der Waals surface area contributed by atoms with E-state index >= 15 is 0 Å². The zero-order valence-electron chi connectivity index (χ0n) is 14.4. The topological polar surface area (TPSA) is 72.0 Å². The molecule has 1 aromatic heterocycles. The number of anilines is 1. The van der Waals surface area contributed by atoms with Gasteiger partial charge < -0.3 is 14.4 Å². The minimum Gasteiger partial charge on any atom is -0.490 e. The molecule has 1 fully saturated rings. The number of hydrogen-bond acceptors (Lipinski definition) is 6. The minimum atomic E-state index is -3.31. The molecule has 2 aliphatic rings. The van der Waals surface area contributed by atoms with Crippen molar-refractivity contribution in [2.45, 2.75) is 25.8 Å². The molecule has 2 aliphatic heterocycles. The van der Waals surface area contributed by atoms with Gasteiger partial charge in [0.05, 0.1) is 24.0 Å². The molecule has 3 rings (SSSR count). The Hall–Kier alpha value is -1.09. The summed E-state index contributed by atoms with van der Waals surface area (Å²) in [6.07, 6.45) is 3.23. The highest BCUT2D eigenvalue weighted by Crippen LogP contribution is 2.34. The maximum atomic E-state index is 12.6. The van der Waals surface area contributed by atoms with Crippen molar-refractivity contribution in [2.75, 3.05) is 50.1 Å². The van der Waals surface area contributed by atoms with E-state index in [0.717, 1.165) is 18.7 Å². The first-order chi connectivity index (χ1) is 12.0. The second kappa shape index (κ2) is 8.07. The molecule has 0 aromatic carbocycles. The van der Waals surface area contributed by atoms with Crippen LogP contribution in [0.4, 0.5) is 5.82 Å². The van der Waals surface area contributed by atoms with Gasteiger partial charge in [0.25, 0.3) is 0 Å². The van der Waals surface area contributed by atoms with E-state index in [2.05, 4.69) is 9.88 Å². The maximum absolute atomic E-state index is 12.6. The highest BCUT2D eigenvalue weighted by atomic mass is 35.5. The molecule has 1 aromatic rings. The zero-order valence-corrected chi connectivity index (χ0v) is 15.9. The summed E-state index contributed by atoms with van der Waals surface area (Å²) in [5.74, 6) is 1.44. The number of pyridine rings is 1. The third-order valence-electron chi connectivity index (χ3n) is 4.45. The van der Waals surface area contributed by atoms with Crippen molar-refractivity contribution in [1.29, 1.82) is 0 Å². The van der Waals surface area contributed by atoms with Gasteiger partial charge in [-0.15, -0.1) is 0 Å². The minimum absolute atomic E-state index is 0.0284. The standard InChI is InChI=1S/C16H24ClN3O4S/c1-2-6-23-8-9-25(21,22)19-4-5-20-14(12-19)3-7-24-15-10-13(17)11-18-16(15)20/h10-11,14H,2-9,12H2,1H3. The van der Waals surface area contributed by atoms with E-state index in [4.69, 9.17) is 21.1 Å². The summed E-state index contributed by atoms with van der Waals surface area (Å²) in [4.78, 5) is 6.54. The third kappa shape index (κ3) is 4.36. The Labute approximate surface area is 153 Å². The van der Waals surface area contributed by atoms with Crippen LogP contribution < -0.4 is 9.64 Å². The van der Waals surface area contributed by atoms with Crippen LogP contribution in [0, 0.1) is 0 Å². The van der Waals surface area contributed by atoms with Crippen LogP contribution in [-0.4, -0.2) is 69.0 Å². The molecule has 1 atom stereocenters. The zero-order chi connectivity index (χ0) is 17.9. The first kappa shape index (κ1) is 18.7. The molecule has 9 heteroatoms. The Morgan fingerprint density at radius 2 is 2.24 bits per heavy atom. The summed E-state index contributed by atoms with van der Waals surface area (Å²) >= 11 is 6.00. The number of aromatic nitrogens is 1. The lowest BCUT2D eigenvalue weighted by atomic mass is 10.1.